The van der Waals surface area contributed by atoms with Gasteiger partial charge in [0.05, 0.1) is 17.1 Å². The number of nitrogens with zero attached hydrogens (tertiary/aromatic N) is 2. The Labute approximate surface area is 181 Å². The molecule has 1 aromatic heterocycles. The lowest BCUT2D eigenvalue weighted by Crippen LogP contribution is -2.31. The standard InChI is InChI=1S/C22H22ClN3O3S/c1-16(2)25-30(28,29)21-12-6-17(7-13-21)22(27)26(15-19-5-3-4-14-24-19)20-10-8-18(23)9-11-20/h3-14,16,25H,15H2,1-2H3. The Morgan fingerprint density at radius 2 is 1.70 bits per heavy atom. The fraction of sp³-hybridized carbons (Fsp3) is 0.182. The Kier molecular flexibility index (Phi) is 6.87. The highest BCUT2D eigenvalue weighted by molar-refractivity contribution is 7.89. The van der Waals surface area contributed by atoms with Crippen LogP contribution in [0.15, 0.2) is 77.8 Å². The van der Waals surface area contributed by atoms with Gasteiger partial charge in [0, 0.05) is 28.5 Å². The predicted molar refractivity (Wildman–Crippen MR) is 118 cm³/mol. The molecule has 0 saturated carbocycles. The SMILES string of the molecule is CC(C)NS(=O)(=O)c1ccc(C(=O)N(Cc2ccccn2)c2ccc(Cl)cc2)cc1. The number of aromatic nitrogens is 1. The van der Waals surface area contributed by atoms with Crippen LogP contribution in [0.2, 0.25) is 5.02 Å². The smallest absolute Gasteiger partial charge is 0.258 e. The van der Waals surface area contributed by atoms with Crippen LogP contribution < -0.4 is 9.62 Å². The van der Waals surface area contributed by atoms with E-state index >= 15 is 0 Å². The number of amides is 1. The molecule has 0 saturated heterocycles. The van der Waals surface area contributed by atoms with Crippen molar-refractivity contribution in [1.82, 2.24) is 9.71 Å². The second kappa shape index (κ2) is 9.38. The van der Waals surface area contributed by atoms with Crippen LogP contribution in [0.1, 0.15) is 29.9 Å². The Bertz CT molecular complexity index is 1100. The Morgan fingerprint density at radius 1 is 1.03 bits per heavy atom. The average molecular weight is 444 g/mol. The number of halogens is 1. The van der Waals surface area contributed by atoms with E-state index in [1.807, 2.05) is 18.2 Å². The summed E-state index contributed by atoms with van der Waals surface area (Å²) in [4.78, 5) is 19.3. The van der Waals surface area contributed by atoms with E-state index < -0.39 is 10.0 Å². The minimum atomic E-state index is -3.63. The van der Waals surface area contributed by atoms with E-state index in [2.05, 4.69) is 9.71 Å². The number of benzene rings is 2. The molecule has 0 aliphatic rings. The van der Waals surface area contributed by atoms with Crippen LogP contribution in [-0.2, 0) is 16.6 Å². The molecule has 156 valence electrons. The largest absolute Gasteiger partial charge is 0.302 e. The number of rotatable bonds is 7. The summed E-state index contributed by atoms with van der Waals surface area (Å²) in [6, 6.07) is 18.1. The lowest BCUT2D eigenvalue weighted by molar-refractivity contribution is 0.0984. The first kappa shape index (κ1) is 22.0. The monoisotopic (exact) mass is 443 g/mol. The van der Waals surface area contributed by atoms with Gasteiger partial charge in [-0.3, -0.25) is 9.78 Å². The molecule has 30 heavy (non-hydrogen) atoms. The maximum absolute atomic E-state index is 13.3. The second-order valence-corrected chi connectivity index (χ2v) is 9.14. The van der Waals surface area contributed by atoms with Gasteiger partial charge in [0.2, 0.25) is 10.0 Å². The molecule has 0 unspecified atom stereocenters. The summed E-state index contributed by atoms with van der Waals surface area (Å²) < 4.78 is 27.2. The van der Waals surface area contributed by atoms with Crippen molar-refractivity contribution >= 4 is 33.2 Å². The molecule has 0 spiro atoms. The number of anilines is 1. The molecule has 1 heterocycles. The molecular weight excluding hydrogens is 422 g/mol. The summed E-state index contributed by atoms with van der Waals surface area (Å²) in [5, 5.41) is 0.566. The fourth-order valence-electron chi connectivity index (χ4n) is 2.87. The van der Waals surface area contributed by atoms with Crippen molar-refractivity contribution in [2.45, 2.75) is 31.3 Å². The van der Waals surface area contributed by atoms with E-state index in [0.717, 1.165) is 5.69 Å². The van der Waals surface area contributed by atoms with Gasteiger partial charge >= 0.3 is 0 Å². The third kappa shape index (κ3) is 5.44. The Balaban J connectivity index is 1.91. The summed E-state index contributed by atoms with van der Waals surface area (Å²) in [6.45, 7) is 3.75. The van der Waals surface area contributed by atoms with Gasteiger partial charge in [-0.25, -0.2) is 13.1 Å². The third-order valence-electron chi connectivity index (χ3n) is 4.23. The molecule has 1 amide bonds. The fourth-order valence-corrected chi connectivity index (χ4v) is 4.24. The van der Waals surface area contributed by atoms with Gasteiger partial charge in [0.1, 0.15) is 0 Å². The van der Waals surface area contributed by atoms with Gasteiger partial charge in [-0.05, 0) is 74.5 Å². The highest BCUT2D eigenvalue weighted by Gasteiger charge is 2.21. The van der Waals surface area contributed by atoms with Crippen LogP contribution in [0.5, 0.6) is 0 Å². The maximum atomic E-state index is 13.3. The van der Waals surface area contributed by atoms with Gasteiger partial charge in [0.15, 0.2) is 0 Å². The van der Waals surface area contributed by atoms with Crippen LogP contribution in [-0.4, -0.2) is 25.4 Å². The first-order valence-corrected chi connectivity index (χ1v) is 11.2. The maximum Gasteiger partial charge on any atom is 0.258 e. The molecule has 8 heteroatoms. The van der Waals surface area contributed by atoms with Crippen LogP contribution >= 0.6 is 11.6 Å². The summed E-state index contributed by atoms with van der Waals surface area (Å²) in [6.07, 6.45) is 1.67. The number of nitrogens with one attached hydrogen (secondary N) is 1. The molecule has 3 rings (SSSR count). The van der Waals surface area contributed by atoms with Crippen molar-refractivity contribution in [3.8, 4) is 0 Å². The van der Waals surface area contributed by atoms with Gasteiger partial charge < -0.3 is 4.90 Å². The van der Waals surface area contributed by atoms with Crippen molar-refractivity contribution < 1.29 is 13.2 Å². The molecule has 0 fully saturated rings. The normalized spacial score (nSPS) is 11.5. The Hall–Kier alpha value is -2.74. The van der Waals surface area contributed by atoms with Crippen LogP contribution in [0.4, 0.5) is 5.69 Å². The molecule has 1 N–H and O–H groups in total. The summed E-state index contributed by atoms with van der Waals surface area (Å²) in [5.74, 6) is -0.274. The first-order valence-electron chi connectivity index (χ1n) is 9.36. The highest BCUT2D eigenvalue weighted by atomic mass is 35.5. The highest BCUT2D eigenvalue weighted by Crippen LogP contribution is 2.23. The Morgan fingerprint density at radius 3 is 2.27 bits per heavy atom. The van der Waals surface area contributed by atoms with E-state index in [1.54, 1.807) is 49.2 Å². The lowest BCUT2D eigenvalue weighted by atomic mass is 10.1. The zero-order chi connectivity index (χ0) is 21.7. The number of pyridine rings is 1. The number of hydrogen-bond donors (Lipinski definition) is 1. The molecule has 2 aromatic carbocycles. The zero-order valence-electron chi connectivity index (χ0n) is 16.6. The minimum Gasteiger partial charge on any atom is -0.302 e. The van der Waals surface area contributed by atoms with E-state index in [4.69, 9.17) is 11.6 Å². The van der Waals surface area contributed by atoms with Crippen LogP contribution in [0.25, 0.3) is 0 Å². The molecule has 0 aliphatic carbocycles. The number of carbonyl (C=O) groups excluding carboxylic acids is 1. The van der Waals surface area contributed by atoms with Gasteiger partial charge in [-0.2, -0.15) is 0 Å². The van der Waals surface area contributed by atoms with Crippen LogP contribution in [0.3, 0.4) is 0 Å². The van der Waals surface area contributed by atoms with Crippen molar-refractivity contribution in [2.75, 3.05) is 4.90 Å². The van der Waals surface area contributed by atoms with Crippen molar-refractivity contribution in [1.29, 1.82) is 0 Å². The lowest BCUT2D eigenvalue weighted by Gasteiger charge is -2.23. The topological polar surface area (TPSA) is 79.4 Å². The molecule has 0 bridgehead atoms. The average Bonchev–Trinajstić information content (AvgIpc) is 2.72. The molecule has 0 atom stereocenters. The van der Waals surface area contributed by atoms with Crippen molar-refractivity contribution in [2.24, 2.45) is 0 Å². The van der Waals surface area contributed by atoms with Crippen molar-refractivity contribution in [3.05, 3.63) is 89.2 Å². The first-order chi connectivity index (χ1) is 14.3. The third-order valence-corrected chi connectivity index (χ3v) is 6.16. The number of sulfonamides is 1. The molecular formula is C22H22ClN3O3S. The molecule has 3 aromatic rings. The number of carbonyl (C=O) groups is 1. The van der Waals surface area contributed by atoms with Gasteiger partial charge in [-0.1, -0.05) is 17.7 Å². The summed E-state index contributed by atoms with van der Waals surface area (Å²) >= 11 is 5.99. The van der Waals surface area contributed by atoms with Crippen LogP contribution in [0, 0.1) is 0 Å². The van der Waals surface area contributed by atoms with Crippen molar-refractivity contribution in [3.63, 3.8) is 0 Å². The summed E-state index contributed by atoms with van der Waals surface area (Å²) in [5.41, 5.74) is 1.75. The predicted octanol–water partition coefficient (Wildman–Crippen LogP) is 4.27. The zero-order valence-corrected chi connectivity index (χ0v) is 18.2. The minimum absolute atomic E-state index is 0.107. The molecule has 6 nitrogen and oxygen atoms in total. The quantitative estimate of drug-likeness (QED) is 0.591. The van der Waals surface area contributed by atoms with Gasteiger partial charge in [-0.15, -0.1) is 0 Å². The van der Waals surface area contributed by atoms with E-state index in [0.29, 0.717) is 16.3 Å². The van der Waals surface area contributed by atoms with E-state index in [-0.39, 0.29) is 23.4 Å². The van der Waals surface area contributed by atoms with Gasteiger partial charge in [0.25, 0.3) is 5.91 Å². The molecule has 0 radical (unpaired) electrons. The van der Waals surface area contributed by atoms with E-state index in [9.17, 15) is 13.2 Å². The number of hydrogen-bond acceptors (Lipinski definition) is 4. The summed E-state index contributed by atoms with van der Waals surface area (Å²) in [7, 11) is -3.63. The second-order valence-electron chi connectivity index (χ2n) is 6.99. The molecule has 0 aliphatic heterocycles. The van der Waals surface area contributed by atoms with E-state index in [1.165, 1.54) is 24.3 Å².